The van der Waals surface area contributed by atoms with Crippen molar-refractivity contribution in [3.05, 3.63) is 59.4 Å². The number of carbonyl (C=O) groups is 2. The third kappa shape index (κ3) is 11.2. The molecular weight excluding hydrogens is 433 g/mol. The van der Waals surface area contributed by atoms with E-state index in [-0.39, 0.29) is 30.8 Å². The lowest BCUT2D eigenvalue weighted by Gasteiger charge is -2.06. The van der Waals surface area contributed by atoms with Gasteiger partial charge >= 0.3 is 0 Å². The van der Waals surface area contributed by atoms with E-state index in [9.17, 15) is 9.59 Å². The number of carbonyl (C=O) groups excluding carboxylic acids is 2. The molecule has 0 saturated carbocycles. The molecule has 0 atom stereocenters. The first-order valence-corrected chi connectivity index (χ1v) is 11.3. The standard InChI is InChI=1S/C24H32ClN3O2.ClH/c1-2-3-4-5-6-7-8-9-16-26-23(29)19-28-17-10-11-20(18-28)24(30)27-22-14-12-21(25)13-15-22;/h10-15,17-18H,2-9,16,19H2,1H3,(H-,26,27,29,30);1H. The second-order valence-corrected chi connectivity index (χ2v) is 7.99. The lowest BCUT2D eigenvalue weighted by molar-refractivity contribution is -0.684. The molecule has 170 valence electrons. The molecule has 2 aromatic rings. The Morgan fingerprint density at radius 2 is 1.58 bits per heavy atom. The second-order valence-electron chi connectivity index (χ2n) is 7.55. The maximum atomic E-state index is 12.4. The van der Waals surface area contributed by atoms with Gasteiger partial charge in [-0.25, -0.2) is 0 Å². The molecule has 0 aliphatic carbocycles. The predicted molar refractivity (Wildman–Crippen MR) is 122 cm³/mol. The molecule has 0 unspecified atom stereocenters. The van der Waals surface area contributed by atoms with Crippen LogP contribution >= 0.6 is 11.6 Å². The molecule has 7 heteroatoms. The maximum absolute atomic E-state index is 12.4. The van der Waals surface area contributed by atoms with Crippen molar-refractivity contribution in [2.75, 3.05) is 11.9 Å². The molecule has 0 fully saturated rings. The molecule has 1 aromatic carbocycles. The molecule has 0 radical (unpaired) electrons. The number of hydrogen-bond acceptors (Lipinski definition) is 2. The average Bonchev–Trinajstić information content (AvgIpc) is 2.74. The number of amides is 2. The number of unbranched alkanes of at least 4 members (excludes halogenated alkanes) is 7. The van der Waals surface area contributed by atoms with Crippen molar-refractivity contribution in [1.29, 1.82) is 0 Å². The molecule has 0 aliphatic rings. The number of pyridine rings is 1. The molecule has 1 heterocycles. The first kappa shape index (κ1) is 26.9. The molecule has 0 bridgehead atoms. The summed E-state index contributed by atoms with van der Waals surface area (Å²) in [4.78, 5) is 24.6. The third-order valence-corrected chi connectivity index (χ3v) is 5.15. The van der Waals surface area contributed by atoms with Crippen LogP contribution in [-0.2, 0) is 11.3 Å². The van der Waals surface area contributed by atoms with Crippen LogP contribution in [0.2, 0.25) is 5.02 Å². The maximum Gasteiger partial charge on any atom is 0.285 e. The molecule has 5 nitrogen and oxygen atoms in total. The SMILES string of the molecule is CCCCCCCCCCNC(=O)C[n+]1cccc(C(=O)Nc2ccc(Cl)cc2)c1.[Cl-]. The zero-order chi connectivity index (χ0) is 21.6. The first-order valence-electron chi connectivity index (χ1n) is 10.9. The van der Waals surface area contributed by atoms with Gasteiger partial charge in [-0.3, -0.25) is 9.59 Å². The van der Waals surface area contributed by atoms with E-state index in [1.54, 1.807) is 53.4 Å². The van der Waals surface area contributed by atoms with E-state index in [0.29, 0.717) is 22.8 Å². The van der Waals surface area contributed by atoms with Crippen molar-refractivity contribution >= 4 is 29.1 Å². The molecule has 2 N–H and O–H groups in total. The van der Waals surface area contributed by atoms with Gasteiger partial charge in [0.15, 0.2) is 12.4 Å². The lowest BCUT2D eigenvalue weighted by Crippen LogP contribution is -3.00. The summed E-state index contributed by atoms with van der Waals surface area (Å²) in [6.07, 6.45) is 13.4. The highest BCUT2D eigenvalue weighted by atomic mass is 35.5. The first-order chi connectivity index (χ1) is 14.6. The largest absolute Gasteiger partial charge is 1.00 e. The Kier molecular flexibility index (Phi) is 13.6. The molecule has 0 aliphatic heterocycles. The van der Waals surface area contributed by atoms with Crippen molar-refractivity contribution in [3.8, 4) is 0 Å². The molecule has 1 aromatic heterocycles. The van der Waals surface area contributed by atoms with Gasteiger partial charge in [-0.1, -0.05) is 63.5 Å². The van der Waals surface area contributed by atoms with Gasteiger partial charge in [-0.2, -0.15) is 4.57 Å². The summed E-state index contributed by atoms with van der Waals surface area (Å²) in [6, 6.07) is 10.4. The number of nitrogens with zero attached hydrogens (tertiary/aromatic N) is 1. The summed E-state index contributed by atoms with van der Waals surface area (Å²) < 4.78 is 1.72. The van der Waals surface area contributed by atoms with E-state index in [2.05, 4.69) is 17.6 Å². The molecule has 0 spiro atoms. The monoisotopic (exact) mass is 465 g/mol. The number of nitrogens with one attached hydrogen (secondary N) is 2. The summed E-state index contributed by atoms with van der Waals surface area (Å²) in [7, 11) is 0. The number of hydrogen-bond donors (Lipinski definition) is 2. The van der Waals surface area contributed by atoms with E-state index in [1.807, 2.05) is 0 Å². The van der Waals surface area contributed by atoms with E-state index in [0.717, 1.165) is 12.8 Å². The van der Waals surface area contributed by atoms with Gasteiger partial charge in [0.2, 0.25) is 6.54 Å². The van der Waals surface area contributed by atoms with E-state index >= 15 is 0 Å². The Bertz CT molecular complexity index is 798. The predicted octanol–water partition coefficient (Wildman–Crippen LogP) is 2.14. The van der Waals surface area contributed by atoms with Crippen LogP contribution in [0.3, 0.4) is 0 Å². The fraction of sp³-hybridized carbons (Fsp3) is 0.458. The van der Waals surface area contributed by atoms with Gasteiger partial charge < -0.3 is 23.0 Å². The number of anilines is 1. The fourth-order valence-electron chi connectivity index (χ4n) is 3.20. The summed E-state index contributed by atoms with van der Waals surface area (Å²) in [6.45, 7) is 3.12. The van der Waals surface area contributed by atoms with E-state index in [1.165, 1.54) is 38.5 Å². The third-order valence-electron chi connectivity index (χ3n) is 4.90. The smallest absolute Gasteiger partial charge is 0.285 e. The molecule has 2 rings (SSSR count). The summed E-state index contributed by atoms with van der Waals surface area (Å²) in [5.74, 6) is -0.274. The van der Waals surface area contributed by atoms with Crippen LogP contribution in [0, 0.1) is 0 Å². The number of rotatable bonds is 13. The zero-order valence-electron chi connectivity index (χ0n) is 18.2. The van der Waals surface area contributed by atoms with E-state index in [4.69, 9.17) is 11.6 Å². The highest BCUT2D eigenvalue weighted by Crippen LogP contribution is 2.14. The second kappa shape index (κ2) is 15.7. The zero-order valence-corrected chi connectivity index (χ0v) is 19.7. The van der Waals surface area contributed by atoms with Gasteiger partial charge in [-0.15, -0.1) is 0 Å². The Balaban J connectivity index is 0.00000480. The summed E-state index contributed by atoms with van der Waals surface area (Å²) in [5, 5.41) is 6.40. The van der Waals surface area contributed by atoms with Gasteiger partial charge in [0.25, 0.3) is 11.8 Å². The van der Waals surface area contributed by atoms with Crippen molar-refractivity contribution in [2.24, 2.45) is 0 Å². The van der Waals surface area contributed by atoms with Gasteiger partial charge in [0.05, 0.1) is 0 Å². The Labute approximate surface area is 197 Å². The van der Waals surface area contributed by atoms with Gasteiger partial charge in [0, 0.05) is 23.3 Å². The highest BCUT2D eigenvalue weighted by Gasteiger charge is 2.13. The number of aromatic nitrogens is 1. The molecule has 31 heavy (non-hydrogen) atoms. The quantitative estimate of drug-likeness (QED) is 0.351. The normalized spacial score (nSPS) is 10.3. The minimum Gasteiger partial charge on any atom is -1.00 e. The van der Waals surface area contributed by atoms with E-state index < -0.39 is 0 Å². The van der Waals surface area contributed by atoms with Crippen molar-refractivity contribution < 1.29 is 26.6 Å². The van der Waals surface area contributed by atoms with Crippen LogP contribution in [0.15, 0.2) is 48.8 Å². The topological polar surface area (TPSA) is 62.1 Å². The van der Waals surface area contributed by atoms with Crippen molar-refractivity contribution in [2.45, 2.75) is 64.8 Å². The lowest BCUT2D eigenvalue weighted by atomic mass is 10.1. The van der Waals surface area contributed by atoms with Crippen LogP contribution in [-0.4, -0.2) is 18.4 Å². The van der Waals surface area contributed by atoms with Crippen LogP contribution in [0.25, 0.3) is 0 Å². The number of halogens is 2. The Morgan fingerprint density at radius 3 is 2.26 bits per heavy atom. The Morgan fingerprint density at radius 1 is 0.935 bits per heavy atom. The summed E-state index contributed by atoms with van der Waals surface area (Å²) >= 11 is 5.86. The van der Waals surface area contributed by atoms with Gasteiger partial charge in [0.1, 0.15) is 5.56 Å². The molecule has 2 amide bonds. The summed E-state index contributed by atoms with van der Waals surface area (Å²) in [5.41, 5.74) is 1.16. The Hall–Kier alpha value is -2.11. The van der Waals surface area contributed by atoms with Crippen molar-refractivity contribution in [3.63, 3.8) is 0 Å². The minimum absolute atomic E-state index is 0. The number of benzene rings is 1. The molecule has 0 saturated heterocycles. The van der Waals surface area contributed by atoms with Crippen LogP contribution < -0.4 is 27.6 Å². The molecular formula is C24H33Cl2N3O2. The van der Waals surface area contributed by atoms with Crippen molar-refractivity contribution in [1.82, 2.24) is 5.32 Å². The van der Waals surface area contributed by atoms with Crippen LogP contribution in [0.4, 0.5) is 5.69 Å². The highest BCUT2D eigenvalue weighted by molar-refractivity contribution is 6.30. The van der Waals surface area contributed by atoms with Crippen LogP contribution in [0.5, 0.6) is 0 Å². The average molecular weight is 466 g/mol. The van der Waals surface area contributed by atoms with Crippen LogP contribution in [0.1, 0.15) is 68.6 Å². The van der Waals surface area contributed by atoms with Gasteiger partial charge in [-0.05, 0) is 36.8 Å². The fourth-order valence-corrected chi connectivity index (χ4v) is 3.33. The minimum atomic E-state index is -0.231.